The highest BCUT2D eigenvalue weighted by molar-refractivity contribution is 6.30. The lowest BCUT2D eigenvalue weighted by molar-refractivity contribution is -0.117. The second-order valence-electron chi connectivity index (χ2n) is 5.91. The molecule has 24 heavy (non-hydrogen) atoms. The molecule has 1 amide bonds. The Bertz CT molecular complexity index is 686. The van der Waals surface area contributed by atoms with Crippen LogP contribution in [0.5, 0.6) is 5.75 Å². The molecular weight excluding hydrogens is 324 g/mol. The van der Waals surface area contributed by atoms with Crippen LogP contribution in [0.25, 0.3) is 0 Å². The van der Waals surface area contributed by atoms with Gasteiger partial charge in [-0.15, -0.1) is 0 Å². The number of amides is 1. The fourth-order valence-electron chi connectivity index (χ4n) is 2.32. The highest BCUT2D eigenvalue weighted by Gasteiger charge is 2.08. The van der Waals surface area contributed by atoms with Gasteiger partial charge in [-0.1, -0.05) is 29.3 Å². The molecule has 2 rings (SSSR count). The summed E-state index contributed by atoms with van der Waals surface area (Å²) in [7, 11) is 1.90. The molecule has 2 aromatic rings. The average Bonchev–Trinajstić information content (AvgIpc) is 2.52. The summed E-state index contributed by atoms with van der Waals surface area (Å²) in [5.74, 6) is 0.739. The Morgan fingerprint density at radius 3 is 2.54 bits per heavy atom. The molecule has 0 atom stereocenters. The summed E-state index contributed by atoms with van der Waals surface area (Å²) in [4.78, 5) is 14.0. The van der Waals surface area contributed by atoms with Crippen molar-refractivity contribution < 1.29 is 9.53 Å². The molecule has 1 N–H and O–H groups in total. The van der Waals surface area contributed by atoms with Crippen LogP contribution in [0.1, 0.15) is 11.1 Å². The third kappa shape index (κ3) is 5.87. The maximum absolute atomic E-state index is 12.1. The van der Waals surface area contributed by atoms with Crippen LogP contribution in [0.2, 0.25) is 5.02 Å². The zero-order chi connectivity index (χ0) is 17.5. The summed E-state index contributed by atoms with van der Waals surface area (Å²) >= 11 is 5.83. The number of benzene rings is 2. The van der Waals surface area contributed by atoms with Crippen LogP contribution in [-0.2, 0) is 4.79 Å². The Balaban J connectivity index is 1.74. The molecule has 0 unspecified atom stereocenters. The third-order valence-electron chi connectivity index (χ3n) is 3.62. The monoisotopic (exact) mass is 346 g/mol. The van der Waals surface area contributed by atoms with Crippen molar-refractivity contribution in [2.45, 2.75) is 13.8 Å². The van der Waals surface area contributed by atoms with Crippen molar-refractivity contribution in [1.82, 2.24) is 4.90 Å². The van der Waals surface area contributed by atoms with Crippen LogP contribution in [0.15, 0.2) is 42.5 Å². The van der Waals surface area contributed by atoms with E-state index in [0.29, 0.717) is 24.7 Å². The summed E-state index contributed by atoms with van der Waals surface area (Å²) < 4.78 is 5.63. The van der Waals surface area contributed by atoms with Crippen molar-refractivity contribution in [2.75, 3.05) is 32.1 Å². The van der Waals surface area contributed by atoms with Gasteiger partial charge in [0.2, 0.25) is 5.91 Å². The topological polar surface area (TPSA) is 41.6 Å². The van der Waals surface area contributed by atoms with E-state index in [1.807, 2.05) is 50.1 Å². The smallest absolute Gasteiger partial charge is 0.238 e. The first-order valence-electron chi connectivity index (χ1n) is 7.88. The molecule has 0 aliphatic rings. The van der Waals surface area contributed by atoms with Crippen LogP contribution >= 0.6 is 11.6 Å². The van der Waals surface area contributed by atoms with Crippen molar-refractivity contribution >= 4 is 23.2 Å². The van der Waals surface area contributed by atoms with Gasteiger partial charge in [0.1, 0.15) is 12.4 Å². The van der Waals surface area contributed by atoms with E-state index in [9.17, 15) is 4.79 Å². The number of nitrogens with one attached hydrogen (secondary N) is 1. The Labute approximate surface area is 148 Å². The van der Waals surface area contributed by atoms with E-state index in [4.69, 9.17) is 16.3 Å². The van der Waals surface area contributed by atoms with Gasteiger partial charge >= 0.3 is 0 Å². The lowest BCUT2D eigenvalue weighted by Crippen LogP contribution is -2.33. The average molecular weight is 347 g/mol. The second kappa shape index (κ2) is 8.71. The van der Waals surface area contributed by atoms with E-state index in [2.05, 4.69) is 11.4 Å². The number of rotatable bonds is 7. The highest BCUT2D eigenvalue weighted by atomic mass is 35.5. The summed E-state index contributed by atoms with van der Waals surface area (Å²) in [6.45, 7) is 5.51. The molecule has 0 radical (unpaired) electrons. The molecule has 0 heterocycles. The van der Waals surface area contributed by atoms with Gasteiger partial charge in [-0.2, -0.15) is 0 Å². The lowest BCUT2D eigenvalue weighted by Gasteiger charge is -2.17. The lowest BCUT2D eigenvalue weighted by atomic mass is 10.1. The summed E-state index contributed by atoms with van der Waals surface area (Å²) in [5.41, 5.74) is 3.11. The number of aryl methyl sites for hydroxylation is 2. The first kappa shape index (κ1) is 18.3. The Morgan fingerprint density at radius 1 is 1.17 bits per heavy atom. The van der Waals surface area contributed by atoms with Crippen molar-refractivity contribution in [3.63, 3.8) is 0 Å². The molecule has 0 spiro atoms. The predicted molar refractivity (Wildman–Crippen MR) is 99.0 cm³/mol. The molecular formula is C19H23ClN2O2. The standard InChI is InChI=1S/C19H23ClN2O2/c1-14-4-9-18(15(2)12-14)21-19(23)13-22(3)10-11-24-17-7-5-16(20)6-8-17/h4-9,12H,10-11,13H2,1-3H3,(H,21,23). The van der Waals surface area contributed by atoms with Crippen LogP contribution < -0.4 is 10.1 Å². The van der Waals surface area contributed by atoms with Gasteiger partial charge in [-0.3, -0.25) is 9.69 Å². The van der Waals surface area contributed by atoms with E-state index >= 15 is 0 Å². The minimum atomic E-state index is -0.0315. The number of carbonyl (C=O) groups is 1. The number of likely N-dealkylation sites (N-methyl/N-ethyl adjacent to an activating group) is 1. The van der Waals surface area contributed by atoms with Gasteiger partial charge in [0.05, 0.1) is 6.54 Å². The van der Waals surface area contributed by atoms with Crippen LogP contribution in [-0.4, -0.2) is 37.6 Å². The molecule has 0 aromatic heterocycles. The summed E-state index contributed by atoms with van der Waals surface area (Å²) in [6.07, 6.45) is 0. The molecule has 2 aromatic carbocycles. The highest BCUT2D eigenvalue weighted by Crippen LogP contribution is 2.16. The van der Waals surface area contributed by atoms with Gasteiger partial charge < -0.3 is 10.1 Å². The molecule has 0 saturated heterocycles. The molecule has 0 fully saturated rings. The van der Waals surface area contributed by atoms with E-state index in [0.717, 1.165) is 17.0 Å². The minimum absolute atomic E-state index is 0.0315. The van der Waals surface area contributed by atoms with Crippen molar-refractivity contribution in [2.24, 2.45) is 0 Å². The zero-order valence-electron chi connectivity index (χ0n) is 14.3. The first-order valence-corrected chi connectivity index (χ1v) is 8.26. The number of halogens is 1. The van der Waals surface area contributed by atoms with Gasteiger partial charge in [0.25, 0.3) is 0 Å². The molecule has 0 bridgehead atoms. The van der Waals surface area contributed by atoms with Crippen molar-refractivity contribution in [3.8, 4) is 5.75 Å². The van der Waals surface area contributed by atoms with E-state index in [-0.39, 0.29) is 5.91 Å². The van der Waals surface area contributed by atoms with Crippen molar-refractivity contribution in [3.05, 3.63) is 58.6 Å². The molecule has 0 aliphatic carbocycles. The van der Waals surface area contributed by atoms with E-state index in [1.165, 1.54) is 5.56 Å². The molecule has 4 nitrogen and oxygen atoms in total. The Hall–Kier alpha value is -2.04. The zero-order valence-corrected chi connectivity index (χ0v) is 15.1. The van der Waals surface area contributed by atoms with Crippen molar-refractivity contribution in [1.29, 1.82) is 0 Å². The number of carbonyl (C=O) groups excluding carboxylic acids is 1. The second-order valence-corrected chi connectivity index (χ2v) is 6.34. The summed E-state index contributed by atoms with van der Waals surface area (Å²) in [6, 6.07) is 13.2. The van der Waals surface area contributed by atoms with Gasteiger partial charge in [-0.05, 0) is 56.8 Å². The number of hydrogen-bond acceptors (Lipinski definition) is 3. The number of ether oxygens (including phenoxy) is 1. The fraction of sp³-hybridized carbons (Fsp3) is 0.316. The quantitative estimate of drug-likeness (QED) is 0.826. The molecule has 0 aliphatic heterocycles. The molecule has 0 saturated carbocycles. The predicted octanol–water partition coefficient (Wildman–Crippen LogP) is 3.91. The minimum Gasteiger partial charge on any atom is -0.492 e. The normalized spacial score (nSPS) is 10.7. The van der Waals surface area contributed by atoms with Gasteiger partial charge in [0, 0.05) is 17.3 Å². The fourth-order valence-corrected chi connectivity index (χ4v) is 2.44. The van der Waals surface area contributed by atoms with Gasteiger partial charge in [0.15, 0.2) is 0 Å². The number of nitrogens with zero attached hydrogens (tertiary/aromatic N) is 1. The first-order chi connectivity index (χ1) is 11.4. The van der Waals surface area contributed by atoms with E-state index < -0.39 is 0 Å². The summed E-state index contributed by atoms with van der Waals surface area (Å²) in [5, 5.41) is 3.63. The maximum atomic E-state index is 12.1. The van der Waals surface area contributed by atoms with E-state index in [1.54, 1.807) is 12.1 Å². The van der Waals surface area contributed by atoms with Crippen LogP contribution in [0, 0.1) is 13.8 Å². The number of hydrogen-bond donors (Lipinski definition) is 1. The maximum Gasteiger partial charge on any atom is 0.238 e. The number of anilines is 1. The SMILES string of the molecule is Cc1ccc(NC(=O)CN(C)CCOc2ccc(Cl)cc2)c(C)c1. The van der Waals surface area contributed by atoms with Gasteiger partial charge in [-0.25, -0.2) is 0 Å². The van der Waals surface area contributed by atoms with Crippen LogP contribution in [0.4, 0.5) is 5.69 Å². The Kier molecular flexibility index (Phi) is 6.64. The van der Waals surface area contributed by atoms with Crippen LogP contribution in [0.3, 0.4) is 0 Å². The Morgan fingerprint density at radius 2 is 1.88 bits per heavy atom. The largest absolute Gasteiger partial charge is 0.492 e. The third-order valence-corrected chi connectivity index (χ3v) is 3.88. The molecule has 5 heteroatoms. The molecule has 128 valence electrons.